The Labute approximate surface area is 101 Å². The number of benzene rings is 1. The molecular weight excluding hydrogens is 212 g/mol. The van der Waals surface area contributed by atoms with E-state index in [2.05, 4.69) is 27.8 Å². The first-order chi connectivity index (χ1) is 8.36. The van der Waals surface area contributed by atoms with Crippen molar-refractivity contribution in [3.05, 3.63) is 42.6 Å². The molecule has 2 heterocycles. The molecule has 1 saturated heterocycles. The van der Waals surface area contributed by atoms with Crippen LogP contribution in [0.25, 0.3) is 10.9 Å². The number of nitrogens with zero attached hydrogens (tertiary/aromatic N) is 1. The van der Waals surface area contributed by atoms with E-state index in [4.69, 9.17) is 5.73 Å². The summed E-state index contributed by atoms with van der Waals surface area (Å²) in [6.07, 6.45) is 1.98. The second-order valence-electron chi connectivity index (χ2n) is 3.96. The van der Waals surface area contributed by atoms with Gasteiger partial charge in [-0.15, -0.1) is 0 Å². The van der Waals surface area contributed by atoms with Crippen molar-refractivity contribution in [2.24, 2.45) is 5.73 Å². The molecule has 0 radical (unpaired) electrons. The standard InChI is InChI=1S/C9H7N.C4H11N3/c1-2-6-9-8(4-1)5-3-7-10-9;5-4-3-6-1-2-7-4/h1-7H;4,6-7H,1-3,5H2. The lowest BCUT2D eigenvalue weighted by atomic mass is 10.2. The van der Waals surface area contributed by atoms with Crippen molar-refractivity contribution >= 4 is 10.9 Å². The summed E-state index contributed by atoms with van der Waals surface area (Å²) in [6.45, 7) is 2.95. The highest BCUT2D eigenvalue weighted by Gasteiger charge is 2.03. The fourth-order valence-corrected chi connectivity index (χ4v) is 1.69. The molecule has 4 nitrogen and oxygen atoms in total. The third-order valence-electron chi connectivity index (χ3n) is 2.58. The number of hydrogen-bond acceptors (Lipinski definition) is 4. The van der Waals surface area contributed by atoms with Gasteiger partial charge in [0.15, 0.2) is 0 Å². The summed E-state index contributed by atoms with van der Waals surface area (Å²) >= 11 is 0. The van der Waals surface area contributed by atoms with Gasteiger partial charge >= 0.3 is 0 Å². The molecule has 0 amide bonds. The lowest BCUT2D eigenvalue weighted by Gasteiger charge is -2.19. The van der Waals surface area contributed by atoms with E-state index in [1.54, 1.807) is 0 Å². The maximum Gasteiger partial charge on any atom is 0.0701 e. The molecule has 0 aliphatic carbocycles. The molecule has 1 aromatic carbocycles. The van der Waals surface area contributed by atoms with Gasteiger partial charge in [0.1, 0.15) is 0 Å². The van der Waals surface area contributed by atoms with Crippen LogP contribution in [0.15, 0.2) is 42.6 Å². The van der Waals surface area contributed by atoms with Crippen molar-refractivity contribution in [3.8, 4) is 0 Å². The Bertz CT molecular complexity index is 386. The molecule has 1 unspecified atom stereocenters. The van der Waals surface area contributed by atoms with E-state index < -0.39 is 0 Å². The molecule has 17 heavy (non-hydrogen) atoms. The van der Waals surface area contributed by atoms with E-state index in [0.29, 0.717) is 0 Å². The second kappa shape index (κ2) is 6.30. The number of nitrogens with one attached hydrogen (secondary N) is 2. The molecule has 0 saturated carbocycles. The van der Waals surface area contributed by atoms with Gasteiger partial charge in [-0.1, -0.05) is 24.3 Å². The zero-order valence-electron chi connectivity index (χ0n) is 9.76. The summed E-state index contributed by atoms with van der Waals surface area (Å²) in [5.41, 5.74) is 6.52. The maximum atomic E-state index is 5.46. The molecule has 4 N–H and O–H groups in total. The minimum Gasteiger partial charge on any atom is -0.315 e. The van der Waals surface area contributed by atoms with Gasteiger partial charge in [-0.2, -0.15) is 0 Å². The summed E-state index contributed by atoms with van der Waals surface area (Å²) in [5.74, 6) is 0. The van der Waals surface area contributed by atoms with Crippen LogP contribution in [0.5, 0.6) is 0 Å². The predicted octanol–water partition coefficient (Wildman–Crippen LogP) is 0.699. The number of pyridine rings is 1. The molecule has 1 aliphatic rings. The molecule has 1 atom stereocenters. The van der Waals surface area contributed by atoms with Gasteiger partial charge in [0.05, 0.1) is 11.7 Å². The van der Waals surface area contributed by atoms with E-state index in [1.165, 1.54) is 5.39 Å². The Morgan fingerprint density at radius 1 is 1.12 bits per heavy atom. The van der Waals surface area contributed by atoms with Crippen LogP contribution in [0.3, 0.4) is 0 Å². The van der Waals surface area contributed by atoms with E-state index >= 15 is 0 Å². The number of rotatable bonds is 0. The SMILES string of the molecule is NC1CNCCN1.c1ccc2ncccc2c1. The molecule has 1 aromatic heterocycles. The zero-order valence-corrected chi connectivity index (χ0v) is 9.76. The van der Waals surface area contributed by atoms with Crippen LogP contribution in [-0.4, -0.2) is 30.8 Å². The van der Waals surface area contributed by atoms with Crippen LogP contribution in [-0.2, 0) is 0 Å². The first-order valence-corrected chi connectivity index (χ1v) is 5.86. The van der Waals surface area contributed by atoms with Crippen molar-refractivity contribution in [3.63, 3.8) is 0 Å². The minimum absolute atomic E-state index is 0.175. The zero-order chi connectivity index (χ0) is 11.9. The number of para-hydroxylation sites is 1. The minimum atomic E-state index is 0.175. The predicted molar refractivity (Wildman–Crippen MR) is 70.6 cm³/mol. The number of piperazine rings is 1. The van der Waals surface area contributed by atoms with E-state index in [0.717, 1.165) is 25.2 Å². The molecule has 90 valence electrons. The largest absolute Gasteiger partial charge is 0.315 e. The van der Waals surface area contributed by atoms with Crippen LogP contribution >= 0.6 is 0 Å². The summed E-state index contributed by atoms with van der Waals surface area (Å²) in [5, 5.41) is 7.44. The Kier molecular flexibility index (Phi) is 4.44. The normalized spacial score (nSPS) is 19.5. The highest BCUT2D eigenvalue weighted by Crippen LogP contribution is 2.07. The molecule has 0 spiro atoms. The summed E-state index contributed by atoms with van der Waals surface area (Å²) in [6, 6.07) is 12.1. The molecule has 1 aliphatic heterocycles. The molecule has 1 fully saturated rings. The topological polar surface area (TPSA) is 63.0 Å². The molecule has 4 heteroatoms. The fourth-order valence-electron chi connectivity index (χ4n) is 1.69. The van der Waals surface area contributed by atoms with Crippen molar-refractivity contribution in [2.75, 3.05) is 19.6 Å². The van der Waals surface area contributed by atoms with Crippen LogP contribution in [0.2, 0.25) is 0 Å². The van der Waals surface area contributed by atoms with E-state index in [1.807, 2.05) is 30.5 Å². The molecule has 3 rings (SSSR count). The monoisotopic (exact) mass is 230 g/mol. The maximum absolute atomic E-state index is 5.46. The van der Waals surface area contributed by atoms with Crippen molar-refractivity contribution in [2.45, 2.75) is 6.17 Å². The van der Waals surface area contributed by atoms with E-state index in [-0.39, 0.29) is 6.17 Å². The van der Waals surface area contributed by atoms with Gasteiger partial charge in [0.25, 0.3) is 0 Å². The van der Waals surface area contributed by atoms with Gasteiger partial charge in [-0.05, 0) is 12.1 Å². The second-order valence-corrected chi connectivity index (χ2v) is 3.96. The van der Waals surface area contributed by atoms with Gasteiger partial charge in [-0.3, -0.25) is 10.3 Å². The molecule has 0 bridgehead atoms. The fraction of sp³-hybridized carbons (Fsp3) is 0.308. The summed E-state index contributed by atoms with van der Waals surface area (Å²) in [4.78, 5) is 4.18. The van der Waals surface area contributed by atoms with Gasteiger partial charge in [0, 0.05) is 31.2 Å². The third-order valence-corrected chi connectivity index (χ3v) is 2.58. The van der Waals surface area contributed by atoms with Crippen LogP contribution in [0.4, 0.5) is 0 Å². The first kappa shape index (κ1) is 12.0. The Hall–Kier alpha value is -1.49. The van der Waals surface area contributed by atoms with Gasteiger partial charge in [0.2, 0.25) is 0 Å². The highest BCUT2D eigenvalue weighted by molar-refractivity contribution is 5.77. The third kappa shape index (κ3) is 3.78. The average Bonchev–Trinajstić information content (AvgIpc) is 2.41. The number of nitrogens with two attached hydrogens (primary N) is 1. The number of fused-ring (bicyclic) bond motifs is 1. The Morgan fingerprint density at radius 2 is 1.94 bits per heavy atom. The summed E-state index contributed by atoms with van der Waals surface area (Å²) < 4.78 is 0. The molecule has 2 aromatic rings. The lowest BCUT2D eigenvalue weighted by Crippen LogP contribution is -2.53. The van der Waals surface area contributed by atoms with Crippen molar-refractivity contribution in [1.29, 1.82) is 0 Å². The van der Waals surface area contributed by atoms with Crippen LogP contribution in [0, 0.1) is 0 Å². The smallest absolute Gasteiger partial charge is 0.0701 e. The van der Waals surface area contributed by atoms with E-state index in [9.17, 15) is 0 Å². The first-order valence-electron chi connectivity index (χ1n) is 5.86. The van der Waals surface area contributed by atoms with Gasteiger partial charge in [-0.25, -0.2) is 0 Å². The van der Waals surface area contributed by atoms with Crippen molar-refractivity contribution in [1.82, 2.24) is 15.6 Å². The molecular formula is C13H18N4. The Morgan fingerprint density at radius 3 is 2.59 bits per heavy atom. The van der Waals surface area contributed by atoms with Gasteiger partial charge < -0.3 is 11.1 Å². The van der Waals surface area contributed by atoms with Crippen LogP contribution in [0.1, 0.15) is 0 Å². The lowest BCUT2D eigenvalue weighted by molar-refractivity contribution is 0.428. The van der Waals surface area contributed by atoms with Crippen molar-refractivity contribution < 1.29 is 0 Å². The Balaban J connectivity index is 0.000000136. The average molecular weight is 230 g/mol. The quantitative estimate of drug-likeness (QED) is 0.623. The number of aromatic nitrogens is 1. The van der Waals surface area contributed by atoms with Crippen LogP contribution < -0.4 is 16.4 Å². The highest BCUT2D eigenvalue weighted by atomic mass is 15.1. The number of hydrogen-bond donors (Lipinski definition) is 3. The summed E-state index contributed by atoms with van der Waals surface area (Å²) in [7, 11) is 0.